The molecule has 0 aliphatic rings. The number of phenols is 1. The SMILES string of the molecule is COc1cc(C)c(Cl)c(C(N)CCC(=O)O)c1O. The number of ether oxygens (including phenoxy) is 1. The van der Waals surface area contributed by atoms with E-state index in [1.807, 2.05) is 0 Å². The molecule has 1 rings (SSSR count). The second-order valence-corrected chi connectivity index (χ2v) is 4.39. The maximum Gasteiger partial charge on any atom is 0.303 e. The first-order valence-corrected chi connectivity index (χ1v) is 5.79. The molecule has 18 heavy (non-hydrogen) atoms. The highest BCUT2D eigenvalue weighted by Gasteiger charge is 2.21. The minimum absolute atomic E-state index is 0.0901. The maximum absolute atomic E-state index is 10.5. The number of aliphatic carboxylic acids is 1. The minimum Gasteiger partial charge on any atom is -0.504 e. The van der Waals surface area contributed by atoms with E-state index in [2.05, 4.69) is 0 Å². The summed E-state index contributed by atoms with van der Waals surface area (Å²) in [6.07, 6.45) is 0.0996. The Hall–Kier alpha value is -1.46. The van der Waals surface area contributed by atoms with E-state index >= 15 is 0 Å². The second kappa shape index (κ2) is 5.93. The molecule has 100 valence electrons. The van der Waals surface area contributed by atoms with Crippen molar-refractivity contribution in [1.29, 1.82) is 0 Å². The van der Waals surface area contributed by atoms with Gasteiger partial charge in [0.1, 0.15) is 0 Å². The lowest BCUT2D eigenvalue weighted by molar-refractivity contribution is -0.137. The van der Waals surface area contributed by atoms with Gasteiger partial charge in [0.2, 0.25) is 0 Å². The molecule has 0 fully saturated rings. The summed E-state index contributed by atoms with van der Waals surface area (Å²) in [5.41, 5.74) is 6.92. The number of carboxylic acid groups (broad SMARTS) is 1. The molecular formula is C12H16ClNO4. The van der Waals surface area contributed by atoms with Crippen LogP contribution < -0.4 is 10.5 Å². The molecule has 1 unspecified atom stereocenters. The summed E-state index contributed by atoms with van der Waals surface area (Å²) in [6.45, 7) is 1.76. The van der Waals surface area contributed by atoms with Gasteiger partial charge < -0.3 is 20.7 Å². The summed E-state index contributed by atoms with van der Waals surface area (Å²) in [5, 5.41) is 19.0. The van der Waals surface area contributed by atoms with Crippen LogP contribution in [0, 0.1) is 6.92 Å². The van der Waals surface area contributed by atoms with Crippen molar-refractivity contribution in [2.75, 3.05) is 7.11 Å². The molecule has 0 aliphatic heterocycles. The fraction of sp³-hybridized carbons (Fsp3) is 0.417. The van der Waals surface area contributed by atoms with Crippen LogP contribution in [0.4, 0.5) is 0 Å². The van der Waals surface area contributed by atoms with Gasteiger partial charge in [0.25, 0.3) is 0 Å². The van der Waals surface area contributed by atoms with Crippen LogP contribution in [0.2, 0.25) is 5.02 Å². The number of phenolic OH excluding ortho intramolecular Hbond substituents is 1. The molecule has 0 saturated heterocycles. The first-order valence-electron chi connectivity index (χ1n) is 5.41. The zero-order valence-corrected chi connectivity index (χ0v) is 11.0. The Labute approximate surface area is 110 Å². The quantitative estimate of drug-likeness (QED) is 0.765. The van der Waals surface area contributed by atoms with Gasteiger partial charge in [-0.05, 0) is 25.0 Å². The predicted molar refractivity (Wildman–Crippen MR) is 68.2 cm³/mol. The molecule has 0 saturated carbocycles. The van der Waals surface area contributed by atoms with Gasteiger partial charge >= 0.3 is 5.97 Å². The first-order chi connectivity index (χ1) is 8.38. The van der Waals surface area contributed by atoms with Crippen LogP contribution in [0.25, 0.3) is 0 Å². The Morgan fingerprint density at radius 2 is 2.22 bits per heavy atom. The lowest BCUT2D eigenvalue weighted by atomic mass is 9.99. The van der Waals surface area contributed by atoms with Crippen LogP contribution in [0.3, 0.4) is 0 Å². The van der Waals surface area contributed by atoms with Gasteiger partial charge in [0.05, 0.1) is 12.1 Å². The van der Waals surface area contributed by atoms with E-state index in [9.17, 15) is 9.90 Å². The monoisotopic (exact) mass is 273 g/mol. The van der Waals surface area contributed by atoms with Crippen molar-refractivity contribution in [2.45, 2.75) is 25.8 Å². The van der Waals surface area contributed by atoms with E-state index in [-0.39, 0.29) is 24.3 Å². The molecule has 5 nitrogen and oxygen atoms in total. The highest BCUT2D eigenvalue weighted by molar-refractivity contribution is 6.32. The molecule has 0 spiro atoms. The number of nitrogens with two attached hydrogens (primary N) is 1. The lowest BCUT2D eigenvalue weighted by Gasteiger charge is -2.18. The van der Waals surface area contributed by atoms with Gasteiger partial charge in [-0.25, -0.2) is 0 Å². The average molecular weight is 274 g/mol. The number of carbonyl (C=O) groups is 1. The molecule has 0 heterocycles. The van der Waals surface area contributed by atoms with E-state index in [1.54, 1.807) is 13.0 Å². The predicted octanol–water partition coefficient (Wildman–Crippen LogP) is 2.23. The highest BCUT2D eigenvalue weighted by atomic mass is 35.5. The van der Waals surface area contributed by atoms with Crippen LogP contribution in [-0.4, -0.2) is 23.3 Å². The summed E-state index contributed by atoms with van der Waals surface area (Å²) in [5.74, 6) is -0.802. The second-order valence-electron chi connectivity index (χ2n) is 4.01. The Balaban J connectivity index is 3.13. The summed E-state index contributed by atoms with van der Waals surface area (Å²) < 4.78 is 5.02. The fourth-order valence-electron chi connectivity index (χ4n) is 1.69. The van der Waals surface area contributed by atoms with Gasteiger partial charge in [-0.3, -0.25) is 4.79 Å². The minimum atomic E-state index is -0.944. The number of benzene rings is 1. The molecule has 0 bridgehead atoms. The standard InChI is InChI=1S/C12H16ClNO4/c1-6-5-8(18-2)12(17)10(11(6)13)7(14)3-4-9(15)16/h5,7,17H,3-4,14H2,1-2H3,(H,15,16). The third-order valence-electron chi connectivity index (χ3n) is 2.68. The molecule has 1 aromatic rings. The fourth-order valence-corrected chi connectivity index (χ4v) is 1.98. The van der Waals surface area contributed by atoms with E-state index < -0.39 is 12.0 Å². The highest BCUT2D eigenvalue weighted by Crippen LogP contribution is 2.41. The number of hydrogen-bond acceptors (Lipinski definition) is 4. The number of methoxy groups -OCH3 is 1. The Morgan fingerprint density at radius 3 is 2.72 bits per heavy atom. The summed E-state index contributed by atoms with van der Waals surface area (Å²) in [7, 11) is 1.43. The Bertz CT molecular complexity index is 462. The van der Waals surface area contributed by atoms with E-state index in [1.165, 1.54) is 7.11 Å². The zero-order chi connectivity index (χ0) is 13.9. The third-order valence-corrected chi connectivity index (χ3v) is 3.18. The topological polar surface area (TPSA) is 92.8 Å². The van der Waals surface area contributed by atoms with Crippen LogP contribution in [0.5, 0.6) is 11.5 Å². The molecule has 0 radical (unpaired) electrons. The van der Waals surface area contributed by atoms with Crippen molar-refractivity contribution in [1.82, 2.24) is 0 Å². The van der Waals surface area contributed by atoms with Crippen LogP contribution >= 0.6 is 11.6 Å². The number of aromatic hydroxyl groups is 1. The molecule has 4 N–H and O–H groups in total. The zero-order valence-electron chi connectivity index (χ0n) is 10.2. The number of hydrogen-bond donors (Lipinski definition) is 3. The van der Waals surface area contributed by atoms with Gasteiger partial charge in [-0.15, -0.1) is 0 Å². The van der Waals surface area contributed by atoms with Gasteiger partial charge in [-0.1, -0.05) is 11.6 Å². The van der Waals surface area contributed by atoms with E-state index in [0.717, 1.165) is 0 Å². The van der Waals surface area contributed by atoms with E-state index in [0.29, 0.717) is 16.1 Å². The first kappa shape index (κ1) is 14.6. The average Bonchev–Trinajstić information content (AvgIpc) is 2.31. The molecule has 0 aliphatic carbocycles. The summed E-state index contributed by atoms with van der Waals surface area (Å²) >= 11 is 6.09. The Morgan fingerprint density at radius 1 is 1.61 bits per heavy atom. The third kappa shape index (κ3) is 3.05. The molecule has 1 atom stereocenters. The van der Waals surface area contributed by atoms with Gasteiger partial charge in [0.15, 0.2) is 11.5 Å². The number of halogens is 1. The lowest BCUT2D eigenvalue weighted by Crippen LogP contribution is -2.14. The van der Waals surface area contributed by atoms with Crippen molar-refractivity contribution >= 4 is 17.6 Å². The van der Waals surface area contributed by atoms with Gasteiger partial charge in [0, 0.05) is 18.0 Å². The van der Waals surface area contributed by atoms with Crippen molar-refractivity contribution < 1.29 is 19.7 Å². The largest absolute Gasteiger partial charge is 0.504 e. The summed E-state index contributed by atoms with van der Waals surface area (Å²) in [4.78, 5) is 10.5. The number of aryl methyl sites for hydroxylation is 1. The van der Waals surface area contributed by atoms with Crippen molar-refractivity contribution in [3.8, 4) is 11.5 Å². The van der Waals surface area contributed by atoms with Gasteiger partial charge in [-0.2, -0.15) is 0 Å². The van der Waals surface area contributed by atoms with E-state index in [4.69, 9.17) is 27.2 Å². The molecule has 0 amide bonds. The normalized spacial score (nSPS) is 12.2. The van der Waals surface area contributed by atoms with Crippen molar-refractivity contribution in [2.24, 2.45) is 5.73 Å². The molecule has 1 aromatic carbocycles. The number of carboxylic acids is 1. The van der Waals surface area contributed by atoms with Crippen LogP contribution in [0.15, 0.2) is 6.07 Å². The van der Waals surface area contributed by atoms with Crippen molar-refractivity contribution in [3.63, 3.8) is 0 Å². The Kier molecular flexibility index (Phi) is 4.81. The van der Waals surface area contributed by atoms with Crippen LogP contribution in [0.1, 0.15) is 30.0 Å². The smallest absolute Gasteiger partial charge is 0.303 e. The summed E-state index contributed by atoms with van der Waals surface area (Å²) in [6, 6.07) is 0.952. The molecule has 0 aromatic heterocycles. The number of rotatable bonds is 5. The van der Waals surface area contributed by atoms with Crippen molar-refractivity contribution in [3.05, 3.63) is 22.2 Å². The maximum atomic E-state index is 10.5. The molecule has 6 heteroatoms. The molecular weight excluding hydrogens is 258 g/mol. The van der Waals surface area contributed by atoms with Crippen LogP contribution in [-0.2, 0) is 4.79 Å².